The summed E-state index contributed by atoms with van der Waals surface area (Å²) in [6.07, 6.45) is 0. The maximum Gasteiger partial charge on any atom is 0.222 e. The largest absolute Gasteiger partial charge is 0.496 e. The normalized spacial score (nSPS) is 10.4. The fourth-order valence-corrected chi connectivity index (χ4v) is 2.46. The number of hydrogen-bond donors (Lipinski definition) is 1. The Labute approximate surface area is 98.4 Å². The Bertz CT molecular complexity index is 496. The minimum absolute atomic E-state index is 0.0751. The van der Waals surface area contributed by atoms with E-state index in [0.717, 1.165) is 27.4 Å². The van der Waals surface area contributed by atoms with Crippen molar-refractivity contribution in [1.82, 2.24) is 4.98 Å². The van der Waals surface area contributed by atoms with E-state index in [2.05, 4.69) is 4.98 Å². The van der Waals surface area contributed by atoms with E-state index in [0.29, 0.717) is 0 Å². The van der Waals surface area contributed by atoms with Gasteiger partial charge in [-0.1, -0.05) is 0 Å². The first-order chi connectivity index (χ1) is 7.61. The van der Waals surface area contributed by atoms with Crippen molar-refractivity contribution >= 4 is 11.3 Å². The highest BCUT2D eigenvalue weighted by atomic mass is 32.1. The van der Waals surface area contributed by atoms with E-state index in [1.54, 1.807) is 12.5 Å². The second kappa shape index (κ2) is 4.14. The van der Waals surface area contributed by atoms with Gasteiger partial charge in [-0.05, 0) is 37.1 Å². The van der Waals surface area contributed by atoms with Crippen molar-refractivity contribution in [2.24, 2.45) is 0 Å². The maximum absolute atomic E-state index is 9.23. The third kappa shape index (κ3) is 1.88. The number of thiazole rings is 1. The summed E-state index contributed by atoms with van der Waals surface area (Å²) in [6.45, 7) is 4.01. The van der Waals surface area contributed by atoms with Crippen molar-refractivity contribution in [2.75, 3.05) is 7.11 Å². The summed E-state index contributed by atoms with van der Waals surface area (Å²) in [5, 5.41) is 11.7. The quantitative estimate of drug-likeness (QED) is 0.869. The highest BCUT2D eigenvalue weighted by Crippen LogP contribution is 2.32. The van der Waals surface area contributed by atoms with E-state index in [4.69, 9.17) is 4.74 Å². The summed E-state index contributed by atoms with van der Waals surface area (Å²) in [5.74, 6) is 0.982. The first-order valence-electron chi connectivity index (χ1n) is 4.92. The molecule has 0 aliphatic heterocycles. The summed E-state index contributed by atoms with van der Waals surface area (Å²) in [5.41, 5.74) is 3.17. The van der Waals surface area contributed by atoms with Crippen LogP contribution in [0.4, 0.5) is 0 Å². The molecule has 0 bridgehead atoms. The lowest BCUT2D eigenvalue weighted by Crippen LogP contribution is -1.91. The molecule has 0 aliphatic carbocycles. The Kier molecular flexibility index (Phi) is 2.83. The first kappa shape index (κ1) is 11.0. The molecule has 0 saturated carbocycles. The van der Waals surface area contributed by atoms with Gasteiger partial charge in [0.15, 0.2) is 0 Å². The number of aromatic hydroxyl groups is 1. The number of aromatic nitrogens is 1. The van der Waals surface area contributed by atoms with Crippen LogP contribution in [-0.4, -0.2) is 17.2 Å². The Hall–Kier alpha value is -1.55. The fourth-order valence-electron chi connectivity index (χ4n) is 1.79. The number of ether oxygens (including phenoxy) is 1. The zero-order valence-electron chi connectivity index (χ0n) is 9.44. The molecule has 2 rings (SSSR count). The molecule has 1 heterocycles. The summed E-state index contributed by atoms with van der Waals surface area (Å²) >= 11 is 1.43. The van der Waals surface area contributed by atoms with Crippen LogP contribution in [0.2, 0.25) is 0 Å². The van der Waals surface area contributed by atoms with E-state index in [-0.39, 0.29) is 5.88 Å². The molecular weight excluding hydrogens is 222 g/mol. The van der Waals surface area contributed by atoms with Gasteiger partial charge in [0, 0.05) is 5.56 Å². The van der Waals surface area contributed by atoms with Gasteiger partial charge < -0.3 is 9.84 Å². The second-order valence-electron chi connectivity index (χ2n) is 3.65. The van der Waals surface area contributed by atoms with E-state index in [9.17, 15) is 5.11 Å². The number of nitrogens with zero attached hydrogens (tertiary/aromatic N) is 1. The zero-order valence-corrected chi connectivity index (χ0v) is 10.3. The third-order valence-electron chi connectivity index (χ3n) is 2.40. The number of benzene rings is 1. The van der Waals surface area contributed by atoms with Gasteiger partial charge in [0.2, 0.25) is 5.88 Å². The SMILES string of the molecule is COc1c(C)cc(-c2nc(O)cs2)cc1C. The molecule has 16 heavy (non-hydrogen) atoms. The highest BCUT2D eigenvalue weighted by molar-refractivity contribution is 7.13. The van der Waals surface area contributed by atoms with Crippen molar-refractivity contribution in [3.05, 3.63) is 28.6 Å². The van der Waals surface area contributed by atoms with Crippen molar-refractivity contribution in [3.8, 4) is 22.2 Å². The van der Waals surface area contributed by atoms with Gasteiger partial charge in [0.05, 0.1) is 12.5 Å². The Morgan fingerprint density at radius 2 is 1.88 bits per heavy atom. The van der Waals surface area contributed by atoms with Crippen molar-refractivity contribution in [2.45, 2.75) is 13.8 Å². The van der Waals surface area contributed by atoms with E-state index in [1.165, 1.54) is 11.3 Å². The molecule has 3 nitrogen and oxygen atoms in total. The van der Waals surface area contributed by atoms with Crippen LogP contribution in [0.25, 0.3) is 10.6 Å². The molecule has 84 valence electrons. The van der Waals surface area contributed by atoms with Gasteiger partial charge in [-0.3, -0.25) is 0 Å². The van der Waals surface area contributed by atoms with Crippen molar-refractivity contribution < 1.29 is 9.84 Å². The van der Waals surface area contributed by atoms with Crippen LogP contribution < -0.4 is 4.74 Å². The molecule has 2 aromatic rings. The Balaban J connectivity index is 2.52. The number of aryl methyl sites for hydroxylation is 2. The highest BCUT2D eigenvalue weighted by Gasteiger charge is 2.09. The molecule has 1 N–H and O–H groups in total. The van der Waals surface area contributed by atoms with Crippen LogP contribution in [0, 0.1) is 13.8 Å². The topological polar surface area (TPSA) is 42.4 Å². The number of rotatable bonds is 2. The van der Waals surface area contributed by atoms with E-state index in [1.807, 2.05) is 26.0 Å². The predicted molar refractivity (Wildman–Crippen MR) is 65.2 cm³/mol. The summed E-state index contributed by atoms with van der Waals surface area (Å²) in [7, 11) is 1.67. The average molecular weight is 235 g/mol. The van der Waals surface area contributed by atoms with Gasteiger partial charge in [0.1, 0.15) is 10.8 Å². The van der Waals surface area contributed by atoms with E-state index < -0.39 is 0 Å². The monoisotopic (exact) mass is 235 g/mol. The lowest BCUT2D eigenvalue weighted by atomic mass is 10.1. The molecule has 0 amide bonds. The Morgan fingerprint density at radius 1 is 1.25 bits per heavy atom. The van der Waals surface area contributed by atoms with Gasteiger partial charge in [-0.15, -0.1) is 11.3 Å². The zero-order chi connectivity index (χ0) is 11.7. The molecule has 4 heteroatoms. The molecule has 0 radical (unpaired) electrons. The molecule has 0 spiro atoms. The molecular formula is C12H13NO2S. The average Bonchev–Trinajstić information content (AvgIpc) is 2.64. The second-order valence-corrected chi connectivity index (χ2v) is 4.51. The minimum atomic E-state index is 0.0751. The first-order valence-corrected chi connectivity index (χ1v) is 5.80. The molecule has 0 fully saturated rings. The lowest BCUT2D eigenvalue weighted by molar-refractivity contribution is 0.408. The maximum atomic E-state index is 9.23. The number of hydrogen-bond acceptors (Lipinski definition) is 4. The number of methoxy groups -OCH3 is 1. The summed E-state index contributed by atoms with van der Waals surface area (Å²) in [4.78, 5) is 4.05. The van der Waals surface area contributed by atoms with Gasteiger partial charge in [-0.25, -0.2) is 4.98 Å². The van der Waals surface area contributed by atoms with Gasteiger partial charge in [0.25, 0.3) is 0 Å². The minimum Gasteiger partial charge on any atom is -0.496 e. The smallest absolute Gasteiger partial charge is 0.222 e. The van der Waals surface area contributed by atoms with Crippen LogP contribution in [-0.2, 0) is 0 Å². The predicted octanol–water partition coefficient (Wildman–Crippen LogP) is 3.14. The molecule has 1 aromatic carbocycles. The third-order valence-corrected chi connectivity index (χ3v) is 3.28. The van der Waals surface area contributed by atoms with Gasteiger partial charge >= 0.3 is 0 Å². The van der Waals surface area contributed by atoms with Crippen molar-refractivity contribution in [3.63, 3.8) is 0 Å². The van der Waals surface area contributed by atoms with Crippen LogP contribution in [0.1, 0.15) is 11.1 Å². The molecule has 0 atom stereocenters. The fraction of sp³-hybridized carbons (Fsp3) is 0.250. The summed E-state index contributed by atoms with van der Waals surface area (Å²) in [6, 6.07) is 4.04. The molecule has 1 aromatic heterocycles. The molecule has 0 aliphatic rings. The lowest BCUT2D eigenvalue weighted by Gasteiger charge is -2.09. The molecule has 0 unspecified atom stereocenters. The van der Waals surface area contributed by atoms with Crippen LogP contribution in [0.3, 0.4) is 0 Å². The van der Waals surface area contributed by atoms with Crippen LogP contribution >= 0.6 is 11.3 Å². The van der Waals surface area contributed by atoms with Crippen LogP contribution in [0.15, 0.2) is 17.5 Å². The summed E-state index contributed by atoms with van der Waals surface area (Å²) < 4.78 is 5.31. The Morgan fingerprint density at radius 3 is 2.31 bits per heavy atom. The van der Waals surface area contributed by atoms with Crippen LogP contribution in [0.5, 0.6) is 11.6 Å². The van der Waals surface area contributed by atoms with Crippen molar-refractivity contribution in [1.29, 1.82) is 0 Å². The standard InChI is InChI=1S/C12H13NO2S/c1-7-4-9(5-8(2)11(7)15-3)12-13-10(14)6-16-12/h4-6,14H,1-3H3. The molecule has 0 saturated heterocycles. The van der Waals surface area contributed by atoms with E-state index >= 15 is 0 Å². The van der Waals surface area contributed by atoms with Gasteiger partial charge in [-0.2, -0.15) is 0 Å².